The van der Waals surface area contributed by atoms with E-state index in [2.05, 4.69) is 16.2 Å². The van der Waals surface area contributed by atoms with Gasteiger partial charge in [-0.05, 0) is 11.6 Å². The third kappa shape index (κ3) is 1.18. The predicted octanol–water partition coefficient (Wildman–Crippen LogP) is 1.44. The van der Waals surface area contributed by atoms with Gasteiger partial charge in [0, 0.05) is 32.1 Å². The molecule has 2 heterocycles. The van der Waals surface area contributed by atoms with Crippen LogP contribution in [0.2, 0.25) is 0 Å². The van der Waals surface area contributed by atoms with Crippen LogP contribution < -0.4 is 0 Å². The van der Waals surface area contributed by atoms with Crippen molar-refractivity contribution in [3.05, 3.63) is 30.1 Å². The Hall–Kier alpha value is -1.38. The van der Waals surface area contributed by atoms with Crippen molar-refractivity contribution < 1.29 is 0 Å². The molecule has 1 aliphatic rings. The van der Waals surface area contributed by atoms with E-state index in [9.17, 15) is 0 Å². The molecule has 1 unspecified atom stereocenters. The molecule has 1 aromatic rings. The second-order valence-corrected chi connectivity index (χ2v) is 2.91. The standard InChI is InChI=1S/C9H11N3/c1-12-9(4-6-11-12)8-3-2-5-10-7-8/h2-3,5-7,9H,4H2,1H3. The number of hydrogen-bond donors (Lipinski definition) is 0. The van der Waals surface area contributed by atoms with Crippen LogP contribution in [0.15, 0.2) is 29.6 Å². The van der Waals surface area contributed by atoms with Gasteiger partial charge in [-0.15, -0.1) is 0 Å². The zero-order valence-electron chi connectivity index (χ0n) is 7.01. The molecule has 0 bridgehead atoms. The number of rotatable bonds is 1. The monoisotopic (exact) mass is 161 g/mol. The maximum Gasteiger partial charge on any atom is 0.0781 e. The number of hydrogen-bond acceptors (Lipinski definition) is 3. The molecule has 3 heteroatoms. The van der Waals surface area contributed by atoms with Gasteiger partial charge in [-0.1, -0.05) is 6.07 Å². The van der Waals surface area contributed by atoms with Crippen LogP contribution in [0.1, 0.15) is 18.0 Å². The smallest absolute Gasteiger partial charge is 0.0781 e. The van der Waals surface area contributed by atoms with Gasteiger partial charge in [0.1, 0.15) is 0 Å². The normalized spacial score (nSPS) is 21.8. The largest absolute Gasteiger partial charge is 0.293 e. The van der Waals surface area contributed by atoms with Crippen LogP contribution in [0, 0.1) is 0 Å². The van der Waals surface area contributed by atoms with Gasteiger partial charge in [0.2, 0.25) is 0 Å². The Labute approximate surface area is 71.7 Å². The van der Waals surface area contributed by atoms with Crippen molar-refractivity contribution in [2.45, 2.75) is 12.5 Å². The molecule has 0 radical (unpaired) electrons. The molecule has 0 spiro atoms. The minimum absolute atomic E-state index is 0.388. The number of nitrogens with zero attached hydrogens (tertiary/aromatic N) is 3. The van der Waals surface area contributed by atoms with Gasteiger partial charge in [-0.3, -0.25) is 9.99 Å². The van der Waals surface area contributed by atoms with Crippen molar-refractivity contribution in [1.29, 1.82) is 0 Å². The van der Waals surface area contributed by atoms with E-state index in [4.69, 9.17) is 0 Å². The zero-order chi connectivity index (χ0) is 8.39. The van der Waals surface area contributed by atoms with Crippen molar-refractivity contribution in [2.24, 2.45) is 5.10 Å². The van der Waals surface area contributed by atoms with Crippen LogP contribution in [-0.2, 0) is 0 Å². The van der Waals surface area contributed by atoms with Crippen LogP contribution in [-0.4, -0.2) is 23.3 Å². The van der Waals surface area contributed by atoms with E-state index in [1.165, 1.54) is 5.56 Å². The van der Waals surface area contributed by atoms with E-state index in [0.717, 1.165) is 6.42 Å². The van der Waals surface area contributed by atoms with Crippen molar-refractivity contribution in [3.8, 4) is 0 Å². The maximum absolute atomic E-state index is 4.17. The van der Waals surface area contributed by atoms with Crippen LogP contribution >= 0.6 is 0 Å². The van der Waals surface area contributed by atoms with Crippen molar-refractivity contribution in [2.75, 3.05) is 7.05 Å². The molecule has 62 valence electrons. The summed E-state index contributed by atoms with van der Waals surface area (Å²) in [6.45, 7) is 0. The molecule has 0 saturated carbocycles. The second kappa shape index (κ2) is 2.93. The van der Waals surface area contributed by atoms with E-state index in [-0.39, 0.29) is 0 Å². The fourth-order valence-corrected chi connectivity index (χ4v) is 1.43. The molecular weight excluding hydrogens is 150 g/mol. The Kier molecular flexibility index (Phi) is 1.78. The van der Waals surface area contributed by atoms with Crippen LogP contribution in [0.25, 0.3) is 0 Å². The summed E-state index contributed by atoms with van der Waals surface area (Å²) in [4.78, 5) is 4.08. The molecule has 0 fully saturated rings. The first-order valence-corrected chi connectivity index (χ1v) is 4.03. The molecule has 1 aliphatic heterocycles. The maximum atomic E-state index is 4.17. The van der Waals surface area contributed by atoms with E-state index in [0.29, 0.717) is 6.04 Å². The fraction of sp³-hybridized carbons (Fsp3) is 0.333. The van der Waals surface area contributed by atoms with E-state index >= 15 is 0 Å². The summed E-state index contributed by atoms with van der Waals surface area (Å²) in [5.74, 6) is 0. The summed E-state index contributed by atoms with van der Waals surface area (Å²) in [6.07, 6.45) is 6.62. The third-order valence-corrected chi connectivity index (χ3v) is 2.11. The van der Waals surface area contributed by atoms with Gasteiger partial charge in [-0.2, -0.15) is 5.10 Å². The first kappa shape index (κ1) is 7.28. The molecule has 1 aromatic heterocycles. The highest BCUT2D eigenvalue weighted by molar-refractivity contribution is 5.60. The Morgan fingerprint density at radius 1 is 1.58 bits per heavy atom. The van der Waals surface area contributed by atoms with Crippen LogP contribution in [0.4, 0.5) is 0 Å². The van der Waals surface area contributed by atoms with Gasteiger partial charge in [0.15, 0.2) is 0 Å². The Morgan fingerprint density at radius 2 is 2.50 bits per heavy atom. The number of hydrazone groups is 1. The van der Waals surface area contributed by atoms with Gasteiger partial charge in [0.05, 0.1) is 6.04 Å². The lowest BCUT2D eigenvalue weighted by Crippen LogP contribution is -2.13. The van der Waals surface area contributed by atoms with Gasteiger partial charge in [0.25, 0.3) is 0 Å². The molecule has 0 aromatic carbocycles. The molecule has 0 N–H and O–H groups in total. The summed E-state index contributed by atoms with van der Waals surface area (Å²) >= 11 is 0. The van der Waals surface area contributed by atoms with Crippen molar-refractivity contribution >= 4 is 6.21 Å². The lowest BCUT2D eigenvalue weighted by Gasteiger charge is -2.18. The average Bonchev–Trinajstić information content (AvgIpc) is 2.53. The van der Waals surface area contributed by atoms with Crippen molar-refractivity contribution in [1.82, 2.24) is 9.99 Å². The minimum Gasteiger partial charge on any atom is -0.293 e. The SMILES string of the molecule is CN1N=CCC1c1cccnc1. The Balaban J connectivity index is 2.22. The van der Waals surface area contributed by atoms with Gasteiger partial charge < -0.3 is 0 Å². The molecule has 3 nitrogen and oxygen atoms in total. The Bertz CT molecular complexity index is 281. The molecule has 0 saturated heterocycles. The van der Waals surface area contributed by atoms with Crippen LogP contribution in [0.3, 0.4) is 0 Å². The highest BCUT2D eigenvalue weighted by atomic mass is 15.5. The topological polar surface area (TPSA) is 28.5 Å². The quantitative estimate of drug-likeness (QED) is 0.623. The third-order valence-electron chi connectivity index (χ3n) is 2.11. The lowest BCUT2D eigenvalue weighted by atomic mass is 10.1. The summed E-state index contributed by atoms with van der Waals surface area (Å²) < 4.78 is 0. The fourth-order valence-electron chi connectivity index (χ4n) is 1.43. The lowest BCUT2D eigenvalue weighted by molar-refractivity contribution is 0.289. The molecule has 12 heavy (non-hydrogen) atoms. The van der Waals surface area contributed by atoms with Crippen LogP contribution in [0.5, 0.6) is 0 Å². The van der Waals surface area contributed by atoms with E-state index in [1.54, 1.807) is 6.20 Å². The van der Waals surface area contributed by atoms with Gasteiger partial charge >= 0.3 is 0 Å². The minimum atomic E-state index is 0.388. The Morgan fingerprint density at radius 3 is 3.08 bits per heavy atom. The molecule has 0 aliphatic carbocycles. The highest BCUT2D eigenvalue weighted by Crippen LogP contribution is 2.24. The summed E-state index contributed by atoms with van der Waals surface area (Å²) in [5, 5.41) is 6.14. The van der Waals surface area contributed by atoms with Gasteiger partial charge in [-0.25, -0.2) is 0 Å². The number of aromatic nitrogens is 1. The molecule has 2 rings (SSSR count). The summed E-state index contributed by atoms with van der Waals surface area (Å²) in [7, 11) is 1.99. The summed E-state index contributed by atoms with van der Waals surface area (Å²) in [6, 6.07) is 4.43. The van der Waals surface area contributed by atoms with E-state index in [1.807, 2.05) is 30.5 Å². The van der Waals surface area contributed by atoms with E-state index < -0.39 is 0 Å². The van der Waals surface area contributed by atoms with Crippen molar-refractivity contribution in [3.63, 3.8) is 0 Å². The second-order valence-electron chi connectivity index (χ2n) is 2.91. The first-order chi connectivity index (χ1) is 5.88. The average molecular weight is 161 g/mol. The molecule has 1 atom stereocenters. The molecular formula is C9H11N3. The summed E-state index contributed by atoms with van der Waals surface area (Å²) in [5.41, 5.74) is 1.23. The zero-order valence-corrected chi connectivity index (χ0v) is 7.01. The molecule has 0 amide bonds. The predicted molar refractivity (Wildman–Crippen MR) is 47.9 cm³/mol. The highest BCUT2D eigenvalue weighted by Gasteiger charge is 2.18. The first-order valence-electron chi connectivity index (χ1n) is 4.03. The number of pyridine rings is 1.